The molecule has 3 heterocycles. The first kappa shape index (κ1) is 15.1. The van der Waals surface area contributed by atoms with Crippen molar-refractivity contribution in [1.82, 2.24) is 29.4 Å². The van der Waals surface area contributed by atoms with Gasteiger partial charge in [-0.2, -0.15) is 9.61 Å². The third kappa shape index (κ3) is 2.53. The average molecular weight is 341 g/mol. The minimum atomic E-state index is 0.669. The van der Waals surface area contributed by atoms with Crippen LogP contribution in [0.25, 0.3) is 28.1 Å². The number of hydrogen-bond acceptors (Lipinski definition) is 4. The van der Waals surface area contributed by atoms with E-state index in [0.29, 0.717) is 16.5 Å². The van der Waals surface area contributed by atoms with E-state index in [9.17, 15) is 0 Å². The van der Waals surface area contributed by atoms with Gasteiger partial charge in [-0.05, 0) is 30.7 Å². The van der Waals surface area contributed by atoms with Crippen LogP contribution in [0.4, 0.5) is 0 Å². The molecule has 122 valence electrons. The van der Waals surface area contributed by atoms with Crippen LogP contribution in [0.15, 0.2) is 30.5 Å². The SMILES string of the molecule is CCCCc1nc2nn(C)cc2c2nc(-c3ccc(Cl)cc3)nn12. The van der Waals surface area contributed by atoms with Crippen molar-refractivity contribution in [2.75, 3.05) is 0 Å². The van der Waals surface area contributed by atoms with Crippen LogP contribution in [0, 0.1) is 0 Å². The number of rotatable bonds is 4. The minimum absolute atomic E-state index is 0.669. The van der Waals surface area contributed by atoms with Gasteiger partial charge in [0, 0.05) is 30.3 Å². The number of unbranched alkanes of at least 4 members (excludes halogenated alkanes) is 1. The smallest absolute Gasteiger partial charge is 0.186 e. The Morgan fingerprint density at radius 2 is 1.88 bits per heavy atom. The molecule has 0 aliphatic heterocycles. The summed E-state index contributed by atoms with van der Waals surface area (Å²) in [4.78, 5) is 9.43. The normalized spacial score (nSPS) is 11.6. The zero-order valence-corrected chi connectivity index (χ0v) is 14.3. The molecule has 24 heavy (non-hydrogen) atoms. The molecule has 0 saturated heterocycles. The number of hydrogen-bond donors (Lipinski definition) is 0. The lowest BCUT2D eigenvalue weighted by Gasteiger charge is -2.02. The standard InChI is InChI=1S/C17H17ClN6/c1-3-4-5-14-19-16-13(10-23(2)21-16)17-20-15(22-24(14)17)11-6-8-12(18)9-7-11/h6-10H,3-5H2,1-2H3. The van der Waals surface area contributed by atoms with Crippen molar-refractivity contribution in [1.29, 1.82) is 0 Å². The van der Waals surface area contributed by atoms with Gasteiger partial charge in [-0.25, -0.2) is 9.97 Å². The summed E-state index contributed by atoms with van der Waals surface area (Å²) in [5, 5.41) is 10.7. The Hall–Kier alpha value is -2.47. The van der Waals surface area contributed by atoms with Crippen LogP contribution in [0.3, 0.4) is 0 Å². The topological polar surface area (TPSA) is 60.9 Å². The van der Waals surface area contributed by atoms with Gasteiger partial charge in [-0.1, -0.05) is 24.9 Å². The minimum Gasteiger partial charge on any atom is -0.273 e. The summed E-state index contributed by atoms with van der Waals surface area (Å²) < 4.78 is 3.61. The van der Waals surface area contributed by atoms with Crippen molar-refractivity contribution in [2.45, 2.75) is 26.2 Å². The molecule has 7 heteroatoms. The van der Waals surface area contributed by atoms with Gasteiger partial charge < -0.3 is 0 Å². The highest BCUT2D eigenvalue weighted by Gasteiger charge is 2.16. The van der Waals surface area contributed by atoms with Gasteiger partial charge in [0.1, 0.15) is 5.82 Å². The highest BCUT2D eigenvalue weighted by atomic mass is 35.5. The maximum atomic E-state index is 5.97. The molecular formula is C17H17ClN6. The Morgan fingerprint density at radius 3 is 2.62 bits per heavy atom. The Morgan fingerprint density at radius 1 is 1.08 bits per heavy atom. The van der Waals surface area contributed by atoms with Gasteiger partial charge in [-0.3, -0.25) is 4.68 Å². The maximum Gasteiger partial charge on any atom is 0.186 e. The third-order valence-electron chi connectivity index (χ3n) is 3.99. The van der Waals surface area contributed by atoms with Crippen LogP contribution >= 0.6 is 11.6 Å². The van der Waals surface area contributed by atoms with Crippen molar-refractivity contribution in [3.05, 3.63) is 41.3 Å². The Labute approximate surface area is 144 Å². The second kappa shape index (κ2) is 5.87. The molecule has 0 saturated carbocycles. The van der Waals surface area contributed by atoms with E-state index in [1.807, 2.05) is 42.0 Å². The summed E-state index contributed by atoms with van der Waals surface area (Å²) in [6.45, 7) is 2.16. The predicted octanol–water partition coefficient (Wildman–Crippen LogP) is 3.67. The predicted molar refractivity (Wildman–Crippen MR) is 94.1 cm³/mol. The van der Waals surface area contributed by atoms with Crippen molar-refractivity contribution >= 4 is 28.3 Å². The van der Waals surface area contributed by atoms with Crippen LogP contribution < -0.4 is 0 Å². The van der Waals surface area contributed by atoms with Crippen LogP contribution in [0.5, 0.6) is 0 Å². The van der Waals surface area contributed by atoms with Crippen molar-refractivity contribution in [3.8, 4) is 11.4 Å². The van der Waals surface area contributed by atoms with Crippen LogP contribution in [0.1, 0.15) is 25.6 Å². The molecule has 0 amide bonds. The van der Waals surface area contributed by atoms with Crippen molar-refractivity contribution in [3.63, 3.8) is 0 Å². The molecule has 0 bridgehead atoms. The lowest BCUT2D eigenvalue weighted by molar-refractivity contribution is 0.716. The van der Waals surface area contributed by atoms with Gasteiger partial charge in [-0.15, -0.1) is 5.10 Å². The zero-order valence-electron chi connectivity index (χ0n) is 13.6. The van der Waals surface area contributed by atoms with Crippen LogP contribution in [-0.2, 0) is 13.5 Å². The van der Waals surface area contributed by atoms with Gasteiger partial charge in [0.2, 0.25) is 0 Å². The summed E-state index contributed by atoms with van der Waals surface area (Å²) in [6.07, 6.45) is 4.93. The van der Waals surface area contributed by atoms with E-state index in [2.05, 4.69) is 17.1 Å². The molecule has 0 spiro atoms. The molecule has 0 atom stereocenters. The summed E-state index contributed by atoms with van der Waals surface area (Å²) in [7, 11) is 1.89. The van der Waals surface area contributed by atoms with E-state index in [0.717, 1.165) is 41.7 Å². The highest BCUT2D eigenvalue weighted by Crippen LogP contribution is 2.23. The Balaban J connectivity index is 1.95. The molecule has 1 aromatic carbocycles. The largest absolute Gasteiger partial charge is 0.273 e. The fourth-order valence-corrected chi connectivity index (χ4v) is 2.90. The fraction of sp³-hybridized carbons (Fsp3) is 0.294. The summed E-state index contributed by atoms with van der Waals surface area (Å²) in [5.41, 5.74) is 2.44. The van der Waals surface area contributed by atoms with E-state index in [4.69, 9.17) is 21.6 Å². The highest BCUT2D eigenvalue weighted by molar-refractivity contribution is 6.30. The lowest BCUT2D eigenvalue weighted by Crippen LogP contribution is -2.03. The van der Waals surface area contributed by atoms with Gasteiger partial charge in [0.05, 0.1) is 5.39 Å². The number of fused-ring (bicyclic) bond motifs is 3. The van der Waals surface area contributed by atoms with Gasteiger partial charge in [0.25, 0.3) is 0 Å². The third-order valence-corrected chi connectivity index (χ3v) is 4.25. The Bertz CT molecular complexity index is 1020. The number of nitrogens with zero attached hydrogens (tertiary/aromatic N) is 6. The lowest BCUT2D eigenvalue weighted by atomic mass is 10.2. The number of aryl methyl sites for hydroxylation is 2. The quantitative estimate of drug-likeness (QED) is 0.568. The van der Waals surface area contributed by atoms with Crippen LogP contribution in [0.2, 0.25) is 5.02 Å². The monoisotopic (exact) mass is 340 g/mol. The molecule has 0 fully saturated rings. The molecule has 0 radical (unpaired) electrons. The van der Waals surface area contributed by atoms with E-state index < -0.39 is 0 Å². The summed E-state index contributed by atoms with van der Waals surface area (Å²) in [6, 6.07) is 7.55. The molecule has 4 aromatic rings. The van der Waals surface area contributed by atoms with E-state index in [-0.39, 0.29) is 0 Å². The molecular weight excluding hydrogens is 324 g/mol. The molecule has 0 aliphatic carbocycles. The molecule has 4 rings (SSSR count). The fourth-order valence-electron chi connectivity index (χ4n) is 2.77. The number of aromatic nitrogens is 6. The molecule has 3 aromatic heterocycles. The zero-order chi connectivity index (χ0) is 16.7. The van der Waals surface area contributed by atoms with Crippen molar-refractivity contribution in [2.24, 2.45) is 7.05 Å². The van der Waals surface area contributed by atoms with E-state index >= 15 is 0 Å². The average Bonchev–Trinajstić information content (AvgIpc) is 3.16. The van der Waals surface area contributed by atoms with E-state index in [1.54, 1.807) is 4.68 Å². The van der Waals surface area contributed by atoms with Gasteiger partial charge >= 0.3 is 0 Å². The van der Waals surface area contributed by atoms with Gasteiger partial charge in [0.15, 0.2) is 17.1 Å². The molecule has 0 unspecified atom stereocenters. The van der Waals surface area contributed by atoms with Crippen molar-refractivity contribution < 1.29 is 0 Å². The summed E-state index contributed by atoms with van der Waals surface area (Å²) in [5.74, 6) is 1.56. The second-order valence-corrected chi connectivity index (χ2v) is 6.29. The maximum absolute atomic E-state index is 5.97. The first-order valence-corrected chi connectivity index (χ1v) is 8.38. The first-order valence-electron chi connectivity index (χ1n) is 8.00. The first-order chi connectivity index (χ1) is 11.7. The molecule has 0 N–H and O–H groups in total. The van der Waals surface area contributed by atoms with Crippen LogP contribution in [-0.4, -0.2) is 29.4 Å². The summed E-state index contributed by atoms with van der Waals surface area (Å²) >= 11 is 5.97. The molecule has 0 aliphatic rings. The number of benzene rings is 1. The van der Waals surface area contributed by atoms with E-state index in [1.165, 1.54) is 0 Å². The Kier molecular flexibility index (Phi) is 3.69. The molecule has 6 nitrogen and oxygen atoms in total. The second-order valence-electron chi connectivity index (χ2n) is 5.85. The number of halogens is 1.